The zero-order chi connectivity index (χ0) is 12.2. The van der Waals surface area contributed by atoms with Crippen molar-refractivity contribution in [1.29, 1.82) is 0 Å². The molecule has 0 saturated heterocycles. The molecule has 6 heteroatoms. The Morgan fingerprint density at radius 2 is 2.39 bits per heavy atom. The van der Waals surface area contributed by atoms with Crippen LogP contribution < -0.4 is 14.8 Å². The van der Waals surface area contributed by atoms with Crippen LogP contribution in [0.4, 0.5) is 0 Å². The van der Waals surface area contributed by atoms with Crippen molar-refractivity contribution in [3.8, 4) is 11.5 Å². The molecule has 2 aromatic rings. The smallest absolute Gasteiger partial charge is 0.213 e. The van der Waals surface area contributed by atoms with Gasteiger partial charge >= 0.3 is 0 Å². The van der Waals surface area contributed by atoms with Gasteiger partial charge in [-0.05, 0) is 6.07 Å². The number of ether oxygens (including phenoxy) is 2. The first-order valence-corrected chi connectivity index (χ1v) is 5.76. The fraction of sp³-hybridized carbons (Fsp3) is 0.333. The molecule has 6 nitrogen and oxygen atoms in total. The predicted molar refractivity (Wildman–Crippen MR) is 62.3 cm³/mol. The standard InChI is InChI=1S/C12H13N3O3/c1-2-10(17-7-12-14-8-18-15-12)5-11-9(1)6-13-3-4-16-11/h1-2,5,8,13H,3-4,6-7H2. The summed E-state index contributed by atoms with van der Waals surface area (Å²) < 4.78 is 15.8. The molecule has 94 valence electrons. The Kier molecular flexibility index (Phi) is 3.10. The Bertz CT molecular complexity index is 513. The number of rotatable bonds is 3. The first-order chi connectivity index (χ1) is 8.92. The lowest BCUT2D eigenvalue weighted by Crippen LogP contribution is -2.16. The third-order valence-corrected chi connectivity index (χ3v) is 2.67. The molecule has 1 aliphatic rings. The summed E-state index contributed by atoms with van der Waals surface area (Å²) in [6.07, 6.45) is 1.28. The quantitative estimate of drug-likeness (QED) is 0.876. The van der Waals surface area contributed by atoms with E-state index in [2.05, 4.69) is 20.0 Å². The lowest BCUT2D eigenvalue weighted by molar-refractivity contribution is 0.282. The Morgan fingerprint density at radius 1 is 1.39 bits per heavy atom. The summed E-state index contributed by atoms with van der Waals surface area (Å²) in [7, 11) is 0. The Labute approximate surface area is 104 Å². The molecule has 0 radical (unpaired) electrons. The normalized spacial score (nSPS) is 14.4. The molecule has 1 aromatic heterocycles. The molecular formula is C12H13N3O3. The molecule has 0 unspecified atom stereocenters. The van der Waals surface area contributed by atoms with Gasteiger partial charge in [-0.2, -0.15) is 4.98 Å². The highest BCUT2D eigenvalue weighted by atomic mass is 16.5. The molecule has 0 amide bonds. The third kappa shape index (κ3) is 2.43. The number of hydrogen-bond acceptors (Lipinski definition) is 6. The van der Waals surface area contributed by atoms with E-state index in [1.54, 1.807) is 0 Å². The van der Waals surface area contributed by atoms with Crippen LogP contribution in [0.5, 0.6) is 11.5 Å². The topological polar surface area (TPSA) is 69.4 Å². The van der Waals surface area contributed by atoms with Crippen molar-refractivity contribution < 1.29 is 14.0 Å². The minimum Gasteiger partial charge on any atom is -0.492 e. The largest absolute Gasteiger partial charge is 0.492 e. The summed E-state index contributed by atoms with van der Waals surface area (Å²) in [5, 5.41) is 6.96. The van der Waals surface area contributed by atoms with E-state index >= 15 is 0 Å². The number of fused-ring (bicyclic) bond motifs is 1. The molecule has 18 heavy (non-hydrogen) atoms. The Balaban J connectivity index is 1.71. The summed E-state index contributed by atoms with van der Waals surface area (Å²) in [6, 6.07) is 5.80. The van der Waals surface area contributed by atoms with Crippen molar-refractivity contribution in [1.82, 2.24) is 15.5 Å². The average Bonchev–Trinajstić information content (AvgIpc) is 2.80. The summed E-state index contributed by atoms with van der Waals surface area (Å²) in [6.45, 7) is 2.63. The molecule has 0 fully saturated rings. The fourth-order valence-electron chi connectivity index (χ4n) is 1.77. The van der Waals surface area contributed by atoms with Crippen molar-refractivity contribution in [2.75, 3.05) is 13.2 Å². The lowest BCUT2D eigenvalue weighted by atomic mass is 10.2. The van der Waals surface area contributed by atoms with Crippen molar-refractivity contribution in [2.45, 2.75) is 13.2 Å². The van der Waals surface area contributed by atoms with Crippen LogP contribution in [0.1, 0.15) is 11.4 Å². The molecule has 0 spiro atoms. The molecule has 2 heterocycles. The Morgan fingerprint density at radius 3 is 3.28 bits per heavy atom. The van der Waals surface area contributed by atoms with E-state index in [1.807, 2.05) is 18.2 Å². The van der Waals surface area contributed by atoms with Gasteiger partial charge in [-0.25, -0.2) is 0 Å². The molecular weight excluding hydrogens is 234 g/mol. The highest BCUT2D eigenvalue weighted by molar-refractivity contribution is 5.41. The average molecular weight is 247 g/mol. The number of aromatic nitrogens is 2. The van der Waals surface area contributed by atoms with E-state index in [1.165, 1.54) is 6.39 Å². The predicted octanol–water partition coefficient (Wildman–Crippen LogP) is 1.13. The second-order valence-electron chi connectivity index (χ2n) is 3.93. The van der Waals surface area contributed by atoms with E-state index in [9.17, 15) is 0 Å². The highest BCUT2D eigenvalue weighted by Crippen LogP contribution is 2.26. The van der Waals surface area contributed by atoms with Crippen LogP contribution >= 0.6 is 0 Å². The maximum atomic E-state index is 5.63. The van der Waals surface area contributed by atoms with Gasteiger partial charge in [0.25, 0.3) is 0 Å². The van der Waals surface area contributed by atoms with Crippen LogP contribution in [0, 0.1) is 0 Å². The van der Waals surface area contributed by atoms with Crippen LogP contribution in [-0.4, -0.2) is 23.3 Å². The van der Waals surface area contributed by atoms with E-state index < -0.39 is 0 Å². The van der Waals surface area contributed by atoms with E-state index in [-0.39, 0.29) is 6.61 Å². The van der Waals surface area contributed by atoms with Crippen molar-refractivity contribution in [3.63, 3.8) is 0 Å². The molecule has 0 aliphatic carbocycles. The first kappa shape index (κ1) is 11.0. The number of benzene rings is 1. The second kappa shape index (κ2) is 5.05. The molecule has 1 aromatic carbocycles. The van der Waals surface area contributed by atoms with Crippen LogP contribution in [0.15, 0.2) is 29.1 Å². The summed E-state index contributed by atoms with van der Waals surface area (Å²) in [5.74, 6) is 2.12. The van der Waals surface area contributed by atoms with Gasteiger partial charge in [0.1, 0.15) is 18.1 Å². The molecule has 1 aliphatic heterocycles. The maximum absolute atomic E-state index is 5.63. The van der Waals surface area contributed by atoms with Gasteiger partial charge in [0.2, 0.25) is 12.2 Å². The second-order valence-corrected chi connectivity index (χ2v) is 3.93. The van der Waals surface area contributed by atoms with Gasteiger partial charge in [0, 0.05) is 24.7 Å². The molecule has 1 N–H and O–H groups in total. The molecule has 0 bridgehead atoms. The van der Waals surface area contributed by atoms with Crippen LogP contribution in [0.2, 0.25) is 0 Å². The minimum atomic E-state index is 0.285. The zero-order valence-corrected chi connectivity index (χ0v) is 9.76. The number of nitrogens with zero attached hydrogens (tertiary/aromatic N) is 2. The minimum absolute atomic E-state index is 0.285. The number of hydrogen-bond donors (Lipinski definition) is 1. The van der Waals surface area contributed by atoms with E-state index in [0.717, 1.165) is 30.2 Å². The van der Waals surface area contributed by atoms with Crippen molar-refractivity contribution >= 4 is 0 Å². The number of nitrogens with one attached hydrogen (secondary N) is 1. The first-order valence-electron chi connectivity index (χ1n) is 5.76. The summed E-state index contributed by atoms with van der Waals surface area (Å²) in [5.41, 5.74) is 1.14. The van der Waals surface area contributed by atoms with Crippen molar-refractivity contribution in [2.24, 2.45) is 0 Å². The SMILES string of the molecule is c1nc(COc2ccc3c(c2)OCCNC3)no1. The molecule has 0 atom stereocenters. The van der Waals surface area contributed by atoms with Crippen LogP contribution in [0.25, 0.3) is 0 Å². The van der Waals surface area contributed by atoms with Gasteiger partial charge in [-0.15, -0.1) is 0 Å². The van der Waals surface area contributed by atoms with Gasteiger partial charge in [-0.1, -0.05) is 11.2 Å². The van der Waals surface area contributed by atoms with E-state index in [4.69, 9.17) is 9.47 Å². The van der Waals surface area contributed by atoms with Crippen LogP contribution in [-0.2, 0) is 13.2 Å². The lowest BCUT2D eigenvalue weighted by Gasteiger charge is -2.09. The Hall–Kier alpha value is -2.08. The third-order valence-electron chi connectivity index (χ3n) is 2.67. The van der Waals surface area contributed by atoms with Gasteiger partial charge in [0.05, 0.1) is 0 Å². The molecule has 0 saturated carbocycles. The highest BCUT2D eigenvalue weighted by Gasteiger charge is 2.10. The maximum Gasteiger partial charge on any atom is 0.213 e. The van der Waals surface area contributed by atoms with E-state index in [0.29, 0.717) is 12.4 Å². The van der Waals surface area contributed by atoms with Crippen LogP contribution in [0.3, 0.4) is 0 Å². The van der Waals surface area contributed by atoms with Gasteiger partial charge in [-0.3, -0.25) is 0 Å². The zero-order valence-electron chi connectivity index (χ0n) is 9.76. The summed E-state index contributed by atoms with van der Waals surface area (Å²) >= 11 is 0. The van der Waals surface area contributed by atoms with Crippen molar-refractivity contribution in [3.05, 3.63) is 36.0 Å². The summed E-state index contributed by atoms with van der Waals surface area (Å²) in [4.78, 5) is 3.89. The van der Waals surface area contributed by atoms with Gasteiger partial charge < -0.3 is 19.3 Å². The fourth-order valence-corrected chi connectivity index (χ4v) is 1.77. The molecule has 3 rings (SSSR count). The van der Waals surface area contributed by atoms with Gasteiger partial charge in [0.15, 0.2) is 6.61 Å². The monoisotopic (exact) mass is 247 g/mol.